The molecule has 0 aromatic carbocycles. The van der Waals surface area contributed by atoms with Gasteiger partial charge in [0.15, 0.2) is 0 Å². The van der Waals surface area contributed by atoms with Crippen LogP contribution in [0.2, 0.25) is 0 Å². The van der Waals surface area contributed by atoms with Gasteiger partial charge in [-0.1, -0.05) is 5.92 Å². The molecule has 7 heteroatoms. The standard InChI is InChI=1S/C14H22N4O3/c1-2-3-15-4-6-16(12-19)8-10-18(14-21)11-9-17(13-20)7-5-15/h1,12-14H,3-11H2. The molecule has 1 aliphatic rings. The highest BCUT2D eigenvalue weighted by Crippen LogP contribution is 1.97. The van der Waals surface area contributed by atoms with E-state index in [9.17, 15) is 14.4 Å². The van der Waals surface area contributed by atoms with Gasteiger partial charge in [-0.05, 0) is 0 Å². The van der Waals surface area contributed by atoms with Crippen molar-refractivity contribution in [3.63, 3.8) is 0 Å². The molecule has 7 nitrogen and oxygen atoms in total. The van der Waals surface area contributed by atoms with Crippen molar-refractivity contribution in [1.82, 2.24) is 19.6 Å². The van der Waals surface area contributed by atoms with E-state index >= 15 is 0 Å². The maximum atomic E-state index is 11.0. The molecular formula is C14H22N4O3. The van der Waals surface area contributed by atoms with Crippen molar-refractivity contribution in [3.05, 3.63) is 0 Å². The van der Waals surface area contributed by atoms with Crippen LogP contribution in [0.25, 0.3) is 0 Å². The predicted molar refractivity (Wildman–Crippen MR) is 78.2 cm³/mol. The smallest absolute Gasteiger partial charge is 0.209 e. The van der Waals surface area contributed by atoms with Crippen molar-refractivity contribution in [3.8, 4) is 12.3 Å². The fraction of sp³-hybridized carbons (Fsp3) is 0.643. The van der Waals surface area contributed by atoms with Gasteiger partial charge in [0.2, 0.25) is 19.2 Å². The minimum absolute atomic E-state index is 0.462. The second kappa shape index (κ2) is 9.77. The first-order valence-corrected chi connectivity index (χ1v) is 6.97. The predicted octanol–water partition coefficient (Wildman–Crippen LogP) is -1.69. The minimum Gasteiger partial charge on any atom is -0.342 e. The van der Waals surface area contributed by atoms with Crippen LogP contribution in [0.5, 0.6) is 0 Å². The first-order valence-electron chi connectivity index (χ1n) is 6.97. The molecule has 0 saturated carbocycles. The van der Waals surface area contributed by atoms with E-state index in [-0.39, 0.29) is 0 Å². The Morgan fingerprint density at radius 2 is 1.05 bits per heavy atom. The summed E-state index contributed by atoms with van der Waals surface area (Å²) in [5.74, 6) is 2.59. The first-order chi connectivity index (χ1) is 10.2. The quantitative estimate of drug-likeness (QED) is 0.458. The number of rotatable bonds is 4. The molecular weight excluding hydrogens is 272 g/mol. The van der Waals surface area contributed by atoms with E-state index in [1.807, 2.05) is 4.90 Å². The van der Waals surface area contributed by atoms with Crippen molar-refractivity contribution in [2.75, 3.05) is 58.9 Å². The summed E-state index contributed by atoms with van der Waals surface area (Å²) in [4.78, 5) is 40.0. The van der Waals surface area contributed by atoms with Crippen LogP contribution in [0.15, 0.2) is 0 Å². The van der Waals surface area contributed by atoms with Gasteiger partial charge in [0.1, 0.15) is 0 Å². The average molecular weight is 294 g/mol. The van der Waals surface area contributed by atoms with E-state index in [2.05, 4.69) is 5.92 Å². The summed E-state index contributed by atoms with van der Waals surface area (Å²) in [6, 6.07) is 0. The number of amides is 3. The van der Waals surface area contributed by atoms with Crippen LogP contribution < -0.4 is 0 Å². The summed E-state index contributed by atoms with van der Waals surface area (Å²) in [5, 5.41) is 0. The zero-order valence-corrected chi connectivity index (χ0v) is 12.2. The first kappa shape index (κ1) is 17.0. The lowest BCUT2D eigenvalue weighted by Crippen LogP contribution is -2.45. The molecule has 1 saturated heterocycles. The zero-order chi connectivity index (χ0) is 15.5. The van der Waals surface area contributed by atoms with Crippen LogP contribution in [0.1, 0.15) is 0 Å². The third kappa shape index (κ3) is 6.27. The summed E-state index contributed by atoms with van der Waals surface area (Å²) < 4.78 is 0. The average Bonchev–Trinajstić information content (AvgIpc) is 2.50. The Kier molecular flexibility index (Phi) is 7.90. The molecule has 116 valence electrons. The molecule has 1 heterocycles. The molecule has 0 aromatic heterocycles. The number of hydrogen-bond acceptors (Lipinski definition) is 4. The van der Waals surface area contributed by atoms with Crippen molar-refractivity contribution < 1.29 is 14.4 Å². The van der Waals surface area contributed by atoms with Crippen LogP contribution in [-0.4, -0.2) is 97.7 Å². The molecule has 0 unspecified atom stereocenters. The topological polar surface area (TPSA) is 64.2 Å². The highest BCUT2D eigenvalue weighted by molar-refractivity contribution is 5.49. The fourth-order valence-electron chi connectivity index (χ4n) is 2.10. The van der Waals surface area contributed by atoms with E-state index in [1.54, 1.807) is 14.7 Å². The number of nitrogens with zero attached hydrogens (tertiary/aromatic N) is 4. The second-order valence-electron chi connectivity index (χ2n) is 4.90. The Hall–Kier alpha value is -2.07. The molecule has 0 atom stereocenters. The zero-order valence-electron chi connectivity index (χ0n) is 12.2. The van der Waals surface area contributed by atoms with E-state index < -0.39 is 0 Å². The summed E-state index contributed by atoms with van der Waals surface area (Å²) in [7, 11) is 0. The molecule has 0 aliphatic carbocycles. The Morgan fingerprint density at radius 1 is 0.714 bits per heavy atom. The van der Waals surface area contributed by atoms with Gasteiger partial charge < -0.3 is 14.7 Å². The largest absolute Gasteiger partial charge is 0.342 e. The number of hydrogen-bond donors (Lipinski definition) is 0. The summed E-state index contributed by atoms with van der Waals surface area (Å²) in [6.45, 7) is 4.78. The molecule has 1 aliphatic heterocycles. The molecule has 0 aromatic rings. The van der Waals surface area contributed by atoms with Crippen molar-refractivity contribution in [2.24, 2.45) is 0 Å². The number of terminal acetylenes is 1. The van der Waals surface area contributed by atoms with Gasteiger partial charge in [0, 0.05) is 52.4 Å². The Labute approximate surface area is 125 Å². The van der Waals surface area contributed by atoms with Gasteiger partial charge in [-0.3, -0.25) is 19.3 Å². The van der Waals surface area contributed by atoms with Crippen LogP contribution in [0.4, 0.5) is 0 Å². The number of carbonyl (C=O) groups excluding carboxylic acids is 3. The van der Waals surface area contributed by atoms with Gasteiger partial charge in [-0.2, -0.15) is 0 Å². The van der Waals surface area contributed by atoms with Gasteiger partial charge in [-0.15, -0.1) is 6.42 Å². The van der Waals surface area contributed by atoms with E-state index in [0.29, 0.717) is 58.9 Å². The molecule has 1 rings (SSSR count). The lowest BCUT2D eigenvalue weighted by atomic mass is 10.3. The Balaban J connectivity index is 2.69. The summed E-state index contributed by atoms with van der Waals surface area (Å²) in [6.07, 6.45) is 7.68. The third-order valence-electron chi connectivity index (χ3n) is 3.52. The van der Waals surface area contributed by atoms with Crippen molar-refractivity contribution in [2.45, 2.75) is 0 Å². The van der Waals surface area contributed by atoms with Gasteiger partial charge in [0.05, 0.1) is 6.54 Å². The van der Waals surface area contributed by atoms with Crippen LogP contribution in [-0.2, 0) is 14.4 Å². The normalized spacial score (nSPS) is 19.1. The maximum Gasteiger partial charge on any atom is 0.209 e. The Morgan fingerprint density at radius 3 is 1.33 bits per heavy atom. The van der Waals surface area contributed by atoms with Crippen molar-refractivity contribution >= 4 is 19.2 Å². The second-order valence-corrected chi connectivity index (χ2v) is 4.90. The van der Waals surface area contributed by atoms with Crippen molar-refractivity contribution in [1.29, 1.82) is 0 Å². The van der Waals surface area contributed by atoms with Gasteiger partial charge in [-0.25, -0.2) is 0 Å². The summed E-state index contributed by atoms with van der Waals surface area (Å²) >= 11 is 0. The van der Waals surface area contributed by atoms with Crippen LogP contribution in [0, 0.1) is 12.3 Å². The Bertz CT molecular complexity index is 359. The molecule has 1 fully saturated rings. The summed E-state index contributed by atoms with van der Waals surface area (Å²) in [5.41, 5.74) is 0. The monoisotopic (exact) mass is 294 g/mol. The van der Waals surface area contributed by atoms with E-state index in [4.69, 9.17) is 6.42 Å². The molecule has 0 N–H and O–H groups in total. The molecule has 21 heavy (non-hydrogen) atoms. The van der Waals surface area contributed by atoms with E-state index in [0.717, 1.165) is 19.2 Å². The van der Waals surface area contributed by atoms with Crippen LogP contribution >= 0.6 is 0 Å². The highest BCUT2D eigenvalue weighted by atomic mass is 16.1. The lowest BCUT2D eigenvalue weighted by molar-refractivity contribution is -0.123. The maximum absolute atomic E-state index is 11.0. The number of carbonyl (C=O) groups is 3. The molecule has 3 amide bonds. The lowest BCUT2D eigenvalue weighted by Gasteiger charge is -2.30. The molecule has 0 bridgehead atoms. The fourth-order valence-corrected chi connectivity index (χ4v) is 2.10. The highest BCUT2D eigenvalue weighted by Gasteiger charge is 2.13. The van der Waals surface area contributed by atoms with Gasteiger partial charge in [0.25, 0.3) is 0 Å². The van der Waals surface area contributed by atoms with Crippen LogP contribution in [0.3, 0.4) is 0 Å². The SMILES string of the molecule is C#CCN1CCN(C=O)CCN(C=O)CCN(C=O)CC1. The molecule has 0 spiro atoms. The minimum atomic E-state index is 0.462. The van der Waals surface area contributed by atoms with Gasteiger partial charge >= 0.3 is 0 Å². The third-order valence-corrected chi connectivity index (χ3v) is 3.52. The molecule has 0 radical (unpaired) electrons. The van der Waals surface area contributed by atoms with E-state index in [1.165, 1.54) is 0 Å².